The molecule has 0 fully saturated rings. The number of nitrogens with zero attached hydrogens (tertiary/aromatic N) is 2. The van der Waals surface area contributed by atoms with Gasteiger partial charge in [-0.15, -0.1) is 0 Å². The Kier molecular flexibility index (Phi) is 3.74. The van der Waals surface area contributed by atoms with Gasteiger partial charge in [0.05, 0.1) is 16.7 Å². The van der Waals surface area contributed by atoms with Crippen LogP contribution in [0.3, 0.4) is 0 Å². The van der Waals surface area contributed by atoms with Gasteiger partial charge < -0.3 is 0 Å². The fourth-order valence-electron chi connectivity index (χ4n) is 0.889. The molecule has 0 N–H and O–H groups in total. The van der Waals surface area contributed by atoms with Gasteiger partial charge in [-0.2, -0.15) is 4.40 Å². The van der Waals surface area contributed by atoms with E-state index in [1.807, 2.05) is 39.8 Å². The first kappa shape index (κ1) is 12.0. The lowest BCUT2D eigenvalue weighted by atomic mass is 10.2. The smallest absolute Gasteiger partial charge is 0.144 e. The van der Waals surface area contributed by atoms with Gasteiger partial charge in [0.15, 0.2) is 0 Å². The molecule has 1 atom stereocenters. The summed E-state index contributed by atoms with van der Waals surface area (Å²) >= 11 is 0. The molecule has 1 rings (SSSR count). The van der Waals surface area contributed by atoms with Gasteiger partial charge in [-0.3, -0.25) is 4.98 Å². The maximum Gasteiger partial charge on any atom is 0.144 e. The van der Waals surface area contributed by atoms with Crippen LogP contribution in [0, 0.1) is 6.92 Å². The Morgan fingerprint density at radius 1 is 1.47 bits per heavy atom. The highest BCUT2D eigenvalue weighted by Gasteiger charge is 2.18. The van der Waals surface area contributed by atoms with Crippen molar-refractivity contribution < 1.29 is 4.21 Å². The summed E-state index contributed by atoms with van der Waals surface area (Å²) in [7, 11) is -1.22. The minimum atomic E-state index is -1.22. The molecule has 1 aromatic heterocycles. The molecule has 82 valence electrons. The van der Waals surface area contributed by atoms with E-state index in [2.05, 4.69) is 9.38 Å². The summed E-state index contributed by atoms with van der Waals surface area (Å²) in [5.74, 6) is 0. The molecule has 15 heavy (non-hydrogen) atoms. The zero-order valence-electron chi connectivity index (χ0n) is 9.52. The predicted octanol–water partition coefficient (Wildman–Crippen LogP) is 2.27. The largest absolute Gasteiger partial charge is 0.255 e. The van der Waals surface area contributed by atoms with E-state index in [9.17, 15) is 4.21 Å². The molecule has 0 bridgehead atoms. The van der Waals surface area contributed by atoms with Crippen LogP contribution in [0.1, 0.15) is 32.0 Å². The highest BCUT2D eigenvalue weighted by atomic mass is 32.2. The highest BCUT2D eigenvalue weighted by molar-refractivity contribution is 7.85. The second-order valence-electron chi connectivity index (χ2n) is 4.30. The van der Waals surface area contributed by atoms with Gasteiger partial charge in [-0.25, -0.2) is 4.21 Å². The monoisotopic (exact) mass is 224 g/mol. The second kappa shape index (κ2) is 4.66. The van der Waals surface area contributed by atoms with Gasteiger partial charge in [0.25, 0.3) is 0 Å². The molecule has 1 aromatic rings. The van der Waals surface area contributed by atoms with Crippen LogP contribution in [-0.2, 0) is 11.0 Å². The van der Waals surface area contributed by atoms with E-state index in [1.54, 1.807) is 12.4 Å². The van der Waals surface area contributed by atoms with E-state index >= 15 is 0 Å². The second-order valence-corrected chi connectivity index (χ2v) is 6.24. The zero-order valence-corrected chi connectivity index (χ0v) is 10.3. The fourth-order valence-corrected chi connectivity index (χ4v) is 1.40. The molecule has 1 heterocycles. The minimum absolute atomic E-state index is 0.320. The van der Waals surface area contributed by atoms with Gasteiger partial charge in [0, 0.05) is 6.20 Å². The molecule has 0 aromatic carbocycles. The quantitative estimate of drug-likeness (QED) is 0.723. The summed E-state index contributed by atoms with van der Waals surface area (Å²) in [6.45, 7) is 7.64. The Balaban J connectivity index is 2.84. The maximum atomic E-state index is 11.6. The van der Waals surface area contributed by atoms with Crippen molar-refractivity contribution in [3.05, 3.63) is 29.6 Å². The fraction of sp³-hybridized carbons (Fsp3) is 0.455. The Labute approximate surface area is 93.2 Å². The lowest BCUT2D eigenvalue weighted by Gasteiger charge is -2.12. The Bertz CT molecular complexity index is 394. The first-order chi connectivity index (χ1) is 6.91. The summed E-state index contributed by atoms with van der Waals surface area (Å²) in [5, 5.41) is 0. The van der Waals surface area contributed by atoms with Crippen molar-refractivity contribution in [3.8, 4) is 0 Å². The molecule has 0 radical (unpaired) electrons. The molecule has 0 amide bonds. The summed E-state index contributed by atoms with van der Waals surface area (Å²) in [4.78, 5) is 4.15. The molecular weight excluding hydrogens is 208 g/mol. The summed E-state index contributed by atoms with van der Waals surface area (Å²) in [6, 6.07) is 3.82. The van der Waals surface area contributed by atoms with Crippen LogP contribution in [-0.4, -0.2) is 20.2 Å². The first-order valence-electron chi connectivity index (χ1n) is 4.79. The lowest BCUT2D eigenvalue weighted by molar-refractivity contribution is 0.651. The topological polar surface area (TPSA) is 42.3 Å². The Hall–Kier alpha value is -1.03. The molecule has 0 saturated heterocycles. The van der Waals surface area contributed by atoms with Gasteiger partial charge in [0.2, 0.25) is 0 Å². The van der Waals surface area contributed by atoms with Crippen LogP contribution in [0.4, 0.5) is 0 Å². The predicted molar refractivity (Wildman–Crippen MR) is 64.5 cm³/mol. The van der Waals surface area contributed by atoms with E-state index in [0.717, 1.165) is 11.3 Å². The number of hydrogen-bond acceptors (Lipinski definition) is 2. The third-order valence-electron chi connectivity index (χ3n) is 1.84. The van der Waals surface area contributed by atoms with Crippen molar-refractivity contribution in [1.29, 1.82) is 0 Å². The molecule has 0 unspecified atom stereocenters. The number of pyridine rings is 1. The van der Waals surface area contributed by atoms with Crippen LogP contribution >= 0.6 is 0 Å². The molecule has 0 aliphatic heterocycles. The van der Waals surface area contributed by atoms with Crippen molar-refractivity contribution in [1.82, 2.24) is 4.98 Å². The summed E-state index contributed by atoms with van der Waals surface area (Å²) in [6.07, 6.45) is 3.28. The SMILES string of the molecule is Cc1cccnc1C=N[S@](=O)C(C)(C)C. The van der Waals surface area contributed by atoms with Crippen molar-refractivity contribution in [3.63, 3.8) is 0 Å². The maximum absolute atomic E-state index is 11.6. The van der Waals surface area contributed by atoms with Crippen molar-refractivity contribution in [2.75, 3.05) is 0 Å². The molecule has 0 aliphatic rings. The molecule has 0 spiro atoms. The highest BCUT2D eigenvalue weighted by Crippen LogP contribution is 2.12. The van der Waals surface area contributed by atoms with Gasteiger partial charge in [0.1, 0.15) is 11.0 Å². The molecule has 4 heteroatoms. The lowest BCUT2D eigenvalue weighted by Crippen LogP contribution is -2.19. The first-order valence-corrected chi connectivity index (χ1v) is 5.89. The number of aromatic nitrogens is 1. The van der Waals surface area contributed by atoms with Crippen LogP contribution in [0.15, 0.2) is 22.7 Å². The Morgan fingerprint density at radius 3 is 2.67 bits per heavy atom. The van der Waals surface area contributed by atoms with Gasteiger partial charge in [-0.05, 0) is 39.3 Å². The summed E-state index contributed by atoms with van der Waals surface area (Å²) in [5.41, 5.74) is 1.81. The van der Waals surface area contributed by atoms with E-state index in [4.69, 9.17) is 0 Å². The van der Waals surface area contributed by atoms with E-state index in [0.29, 0.717) is 0 Å². The van der Waals surface area contributed by atoms with Crippen molar-refractivity contribution in [2.24, 2.45) is 4.40 Å². The third kappa shape index (κ3) is 3.55. The van der Waals surface area contributed by atoms with Crippen LogP contribution < -0.4 is 0 Å². The molecule has 0 saturated carbocycles. The molecule has 3 nitrogen and oxygen atoms in total. The standard InChI is InChI=1S/C11H16N2OS/c1-9-6-5-7-12-10(9)8-13-15(14)11(2,3)4/h5-8H,1-4H3/t15-/m1/s1. The van der Waals surface area contributed by atoms with Crippen LogP contribution in [0.25, 0.3) is 0 Å². The zero-order chi connectivity index (χ0) is 11.5. The average molecular weight is 224 g/mol. The number of aryl methyl sites for hydroxylation is 1. The number of hydrogen-bond donors (Lipinski definition) is 0. The molecular formula is C11H16N2OS. The van der Waals surface area contributed by atoms with E-state index in [1.165, 1.54) is 0 Å². The van der Waals surface area contributed by atoms with E-state index < -0.39 is 11.0 Å². The van der Waals surface area contributed by atoms with Crippen LogP contribution in [0.2, 0.25) is 0 Å². The van der Waals surface area contributed by atoms with Gasteiger partial charge in [-0.1, -0.05) is 6.07 Å². The number of rotatable bonds is 2. The molecule has 0 aliphatic carbocycles. The van der Waals surface area contributed by atoms with Crippen LogP contribution in [0.5, 0.6) is 0 Å². The Morgan fingerprint density at radius 2 is 2.13 bits per heavy atom. The summed E-state index contributed by atoms with van der Waals surface area (Å²) < 4.78 is 15.3. The van der Waals surface area contributed by atoms with Gasteiger partial charge >= 0.3 is 0 Å². The van der Waals surface area contributed by atoms with Crippen molar-refractivity contribution >= 4 is 17.2 Å². The average Bonchev–Trinajstić information content (AvgIpc) is 2.14. The van der Waals surface area contributed by atoms with E-state index in [-0.39, 0.29) is 4.75 Å². The minimum Gasteiger partial charge on any atom is -0.255 e. The third-order valence-corrected chi connectivity index (χ3v) is 3.19. The van der Waals surface area contributed by atoms with Crippen molar-refractivity contribution in [2.45, 2.75) is 32.4 Å². The normalized spacial score (nSPS) is 14.4.